The van der Waals surface area contributed by atoms with Crippen molar-refractivity contribution in [3.05, 3.63) is 35.4 Å². The third kappa shape index (κ3) is 2.20. The number of hydrogen-bond acceptors (Lipinski definition) is 4. The summed E-state index contributed by atoms with van der Waals surface area (Å²) in [5.74, 6) is -2.25. The van der Waals surface area contributed by atoms with Crippen LogP contribution < -0.4 is 0 Å². The van der Waals surface area contributed by atoms with Crippen molar-refractivity contribution < 1.29 is 32.4 Å². The lowest BCUT2D eigenvalue weighted by molar-refractivity contribution is -0.263. The number of rotatable bonds is 2. The summed E-state index contributed by atoms with van der Waals surface area (Å²) in [5.41, 5.74) is -2.48. The van der Waals surface area contributed by atoms with Gasteiger partial charge in [0.15, 0.2) is 0 Å². The first-order chi connectivity index (χ1) is 12.2. The van der Waals surface area contributed by atoms with Gasteiger partial charge in [-0.05, 0) is 50.7 Å². The molecule has 5 rings (SSSR count). The van der Waals surface area contributed by atoms with E-state index >= 15 is 0 Å². The minimum atomic E-state index is -4.29. The number of hydrogen-bond donors (Lipinski definition) is 0. The summed E-state index contributed by atoms with van der Waals surface area (Å²) in [6, 6.07) is 6.10. The number of nitrogens with zero attached hydrogens (tertiary/aromatic N) is 1. The molecule has 8 heteroatoms. The maximum absolute atomic E-state index is 13.3. The lowest BCUT2D eigenvalue weighted by Crippen LogP contribution is -2.53. The predicted octanol–water partition coefficient (Wildman–Crippen LogP) is 3.64. The number of fused-ring (bicyclic) bond motifs is 4. The molecule has 0 atom stereocenters. The van der Waals surface area contributed by atoms with Crippen molar-refractivity contribution in [2.24, 2.45) is 10.8 Å². The number of alkyl halides is 3. The highest BCUT2D eigenvalue weighted by atomic mass is 19.4. The normalized spacial score (nSPS) is 30.5. The number of carbonyl (C=O) groups excluding carboxylic acids is 3. The highest BCUT2D eigenvalue weighted by Gasteiger charge is 2.64. The fourth-order valence-corrected chi connectivity index (χ4v) is 4.35. The predicted molar refractivity (Wildman–Crippen MR) is 81.7 cm³/mol. The molecule has 2 amide bonds. The van der Waals surface area contributed by atoms with Crippen LogP contribution in [0.4, 0.5) is 13.2 Å². The Bertz CT molecular complexity index is 757. The van der Waals surface area contributed by atoms with Gasteiger partial charge in [0, 0.05) is 0 Å². The molecule has 4 aliphatic rings. The topological polar surface area (TPSA) is 63.7 Å². The van der Waals surface area contributed by atoms with Crippen molar-refractivity contribution in [1.82, 2.24) is 5.06 Å². The minimum absolute atomic E-state index is 0.0501. The number of amides is 2. The standard InChI is InChI=1S/C18H16F3NO4/c19-18(20,21)17-8-5-16(6-9-17,7-10-17)15(25)26-22-13(23)11-3-1-2-4-12(11)14(22)24/h1-4H,5-10H2. The molecule has 1 heterocycles. The van der Waals surface area contributed by atoms with Crippen molar-refractivity contribution in [2.45, 2.75) is 44.7 Å². The quantitative estimate of drug-likeness (QED) is 0.749. The van der Waals surface area contributed by atoms with E-state index in [-0.39, 0.29) is 49.7 Å². The van der Waals surface area contributed by atoms with Gasteiger partial charge in [0.05, 0.1) is 22.0 Å². The fourth-order valence-electron chi connectivity index (χ4n) is 4.35. The van der Waals surface area contributed by atoms with Crippen LogP contribution in [0.25, 0.3) is 0 Å². The van der Waals surface area contributed by atoms with Crippen LogP contribution >= 0.6 is 0 Å². The molecule has 1 aromatic carbocycles. The second-order valence-electron chi connectivity index (χ2n) is 7.39. The van der Waals surface area contributed by atoms with Gasteiger partial charge < -0.3 is 4.84 Å². The highest BCUT2D eigenvalue weighted by molar-refractivity contribution is 6.20. The summed E-state index contributed by atoms with van der Waals surface area (Å²) < 4.78 is 39.9. The van der Waals surface area contributed by atoms with Crippen LogP contribution in [0.3, 0.4) is 0 Å². The van der Waals surface area contributed by atoms with Crippen molar-refractivity contribution in [3.63, 3.8) is 0 Å². The molecule has 5 nitrogen and oxygen atoms in total. The number of halogens is 3. The average Bonchev–Trinajstić information content (AvgIpc) is 2.88. The van der Waals surface area contributed by atoms with E-state index in [0.29, 0.717) is 5.06 Å². The Hall–Kier alpha value is -2.38. The van der Waals surface area contributed by atoms with Crippen LogP contribution in [0.1, 0.15) is 59.2 Å². The molecule has 1 aromatic rings. The lowest BCUT2D eigenvalue weighted by Gasteiger charge is -2.52. The average molecular weight is 367 g/mol. The van der Waals surface area contributed by atoms with Crippen molar-refractivity contribution in [1.29, 1.82) is 0 Å². The summed E-state index contributed by atoms with van der Waals surface area (Å²) in [4.78, 5) is 42.4. The molecule has 0 radical (unpaired) electrons. The Morgan fingerprint density at radius 1 is 0.923 bits per heavy atom. The second kappa shape index (κ2) is 5.31. The minimum Gasteiger partial charge on any atom is -0.329 e. The number of imide groups is 1. The molecule has 1 aliphatic heterocycles. The van der Waals surface area contributed by atoms with E-state index < -0.39 is 34.8 Å². The first-order valence-corrected chi connectivity index (χ1v) is 8.46. The van der Waals surface area contributed by atoms with E-state index in [1.54, 1.807) is 12.1 Å². The van der Waals surface area contributed by atoms with E-state index in [1.165, 1.54) is 12.1 Å². The van der Waals surface area contributed by atoms with Gasteiger partial charge in [-0.2, -0.15) is 13.2 Å². The Kier molecular flexibility index (Phi) is 3.48. The Balaban J connectivity index is 1.51. The van der Waals surface area contributed by atoms with Crippen LogP contribution in [0.15, 0.2) is 24.3 Å². The van der Waals surface area contributed by atoms with Gasteiger partial charge in [-0.25, -0.2) is 4.79 Å². The van der Waals surface area contributed by atoms with Gasteiger partial charge in [-0.15, -0.1) is 0 Å². The number of hydroxylamine groups is 2. The van der Waals surface area contributed by atoms with Crippen LogP contribution in [0, 0.1) is 10.8 Å². The van der Waals surface area contributed by atoms with Gasteiger partial charge in [0.25, 0.3) is 11.8 Å². The first kappa shape index (κ1) is 17.1. The molecular formula is C18H16F3NO4. The zero-order chi connectivity index (χ0) is 18.7. The molecule has 26 heavy (non-hydrogen) atoms. The van der Waals surface area contributed by atoms with Gasteiger partial charge >= 0.3 is 12.1 Å². The molecule has 0 N–H and O–H groups in total. The van der Waals surface area contributed by atoms with Gasteiger partial charge in [0.2, 0.25) is 0 Å². The molecule has 0 spiro atoms. The van der Waals surface area contributed by atoms with Gasteiger partial charge in [-0.3, -0.25) is 9.59 Å². The maximum atomic E-state index is 13.3. The van der Waals surface area contributed by atoms with E-state index in [0.717, 1.165) is 0 Å². The lowest BCUT2D eigenvalue weighted by atomic mass is 9.53. The summed E-state index contributed by atoms with van der Waals surface area (Å²) in [5, 5.41) is 0.433. The molecule has 138 valence electrons. The smallest absolute Gasteiger partial charge is 0.329 e. The molecular weight excluding hydrogens is 351 g/mol. The molecule has 3 saturated carbocycles. The zero-order valence-electron chi connectivity index (χ0n) is 13.8. The SMILES string of the molecule is O=C1c2ccccc2C(=O)N1OC(=O)C12CCC(C(F)(F)F)(CC1)CC2. The monoisotopic (exact) mass is 367 g/mol. The van der Waals surface area contributed by atoms with E-state index in [9.17, 15) is 27.6 Å². The van der Waals surface area contributed by atoms with E-state index in [4.69, 9.17) is 4.84 Å². The van der Waals surface area contributed by atoms with Crippen LogP contribution in [-0.2, 0) is 9.63 Å². The maximum Gasteiger partial charge on any atom is 0.394 e. The highest BCUT2D eigenvalue weighted by Crippen LogP contribution is 2.63. The van der Waals surface area contributed by atoms with Gasteiger partial charge in [0.1, 0.15) is 0 Å². The molecule has 0 unspecified atom stereocenters. The fraction of sp³-hybridized carbons (Fsp3) is 0.500. The Morgan fingerprint density at radius 3 is 1.81 bits per heavy atom. The summed E-state index contributed by atoms with van der Waals surface area (Å²) in [7, 11) is 0. The molecule has 3 aliphatic carbocycles. The summed E-state index contributed by atoms with van der Waals surface area (Å²) in [6.07, 6.45) is -4.53. The largest absolute Gasteiger partial charge is 0.394 e. The summed E-state index contributed by atoms with van der Waals surface area (Å²) >= 11 is 0. The zero-order valence-corrected chi connectivity index (χ0v) is 13.8. The second-order valence-corrected chi connectivity index (χ2v) is 7.39. The molecule has 0 aromatic heterocycles. The molecule has 2 bridgehead atoms. The molecule has 0 saturated heterocycles. The third-order valence-corrected chi connectivity index (χ3v) is 6.21. The van der Waals surface area contributed by atoms with Gasteiger partial charge in [-0.1, -0.05) is 17.2 Å². The van der Waals surface area contributed by atoms with Crippen LogP contribution in [0.2, 0.25) is 0 Å². The first-order valence-electron chi connectivity index (χ1n) is 8.46. The Labute approximate surface area is 147 Å². The van der Waals surface area contributed by atoms with E-state index in [1.807, 2.05) is 0 Å². The Morgan fingerprint density at radius 2 is 1.38 bits per heavy atom. The third-order valence-electron chi connectivity index (χ3n) is 6.21. The van der Waals surface area contributed by atoms with Crippen molar-refractivity contribution in [3.8, 4) is 0 Å². The number of benzene rings is 1. The van der Waals surface area contributed by atoms with Crippen molar-refractivity contribution in [2.75, 3.05) is 0 Å². The van der Waals surface area contributed by atoms with Crippen LogP contribution in [0.5, 0.6) is 0 Å². The number of carbonyl (C=O) groups is 3. The van der Waals surface area contributed by atoms with Crippen LogP contribution in [-0.4, -0.2) is 29.0 Å². The summed E-state index contributed by atoms with van der Waals surface area (Å²) in [6.45, 7) is 0. The molecule has 3 fully saturated rings. The van der Waals surface area contributed by atoms with E-state index in [2.05, 4.69) is 0 Å². The van der Waals surface area contributed by atoms with Crippen molar-refractivity contribution >= 4 is 17.8 Å².